The number of aliphatic hydroxyl groups excluding tert-OH is 1. The van der Waals surface area contributed by atoms with Gasteiger partial charge >= 0.3 is 5.82 Å². The van der Waals surface area contributed by atoms with Crippen LogP contribution in [0.3, 0.4) is 0 Å². The van der Waals surface area contributed by atoms with Crippen LogP contribution in [0.5, 0.6) is 0 Å². The van der Waals surface area contributed by atoms with Gasteiger partial charge in [-0.1, -0.05) is 0 Å². The summed E-state index contributed by atoms with van der Waals surface area (Å²) < 4.78 is 1.20. The smallest absolute Gasteiger partial charge is 0.323 e. The Morgan fingerprint density at radius 2 is 2.18 bits per heavy atom. The average molecular weight is 241 g/mol. The first kappa shape index (κ1) is 13.2. The number of hydrogen-bond donors (Lipinski definition) is 2. The number of carbonyl (C=O) groups is 1. The van der Waals surface area contributed by atoms with Crippen LogP contribution in [0.1, 0.15) is 24.3 Å². The van der Waals surface area contributed by atoms with Crippen molar-refractivity contribution in [2.45, 2.75) is 19.4 Å². The summed E-state index contributed by atoms with van der Waals surface area (Å²) in [4.78, 5) is 21.9. The van der Waals surface area contributed by atoms with Gasteiger partial charge < -0.3 is 20.5 Å². The van der Waals surface area contributed by atoms with Crippen LogP contribution in [0.4, 0.5) is 5.82 Å². The zero-order chi connectivity index (χ0) is 13.2. The average Bonchev–Trinajstić information content (AvgIpc) is 2.59. The predicted molar refractivity (Wildman–Crippen MR) is 60.7 cm³/mol. The van der Waals surface area contributed by atoms with E-state index in [-0.39, 0.29) is 18.1 Å². The molecule has 0 spiro atoms. The highest BCUT2D eigenvalue weighted by Crippen LogP contribution is 2.15. The van der Waals surface area contributed by atoms with Gasteiger partial charge in [-0.25, -0.2) is 4.57 Å². The van der Waals surface area contributed by atoms with Crippen LogP contribution in [0.2, 0.25) is 0 Å². The van der Waals surface area contributed by atoms with Crippen LogP contribution < -0.4 is 5.32 Å². The Morgan fingerprint density at radius 3 is 2.59 bits per heavy atom. The molecule has 1 rings (SSSR count). The minimum absolute atomic E-state index is 0.156. The summed E-state index contributed by atoms with van der Waals surface area (Å²) in [6.45, 7) is 3.09. The molecule has 0 unspecified atom stereocenters. The first-order valence-electron chi connectivity index (χ1n) is 5.02. The second kappa shape index (κ2) is 4.54. The zero-order valence-electron chi connectivity index (χ0n) is 9.93. The Morgan fingerprint density at radius 1 is 1.59 bits per heavy atom. The second-order valence-corrected chi connectivity index (χ2v) is 4.39. The van der Waals surface area contributed by atoms with E-state index in [4.69, 9.17) is 5.11 Å². The topological polar surface area (TPSA) is 97.4 Å². The molecule has 0 atom stereocenters. The van der Waals surface area contributed by atoms with E-state index in [9.17, 15) is 14.9 Å². The Balaban J connectivity index is 2.95. The third kappa shape index (κ3) is 2.82. The Kier molecular flexibility index (Phi) is 3.52. The molecule has 1 aromatic heterocycles. The Bertz CT molecular complexity index is 450. The van der Waals surface area contributed by atoms with Crippen LogP contribution in [0.15, 0.2) is 12.1 Å². The SMILES string of the molecule is Cn1c(C(=O)NC(C)(C)CO)ccc1[N+](=O)[O-]. The van der Waals surface area contributed by atoms with Crippen molar-refractivity contribution < 1.29 is 14.8 Å². The van der Waals surface area contributed by atoms with Crippen molar-refractivity contribution in [1.82, 2.24) is 9.88 Å². The number of aromatic nitrogens is 1. The molecule has 1 aromatic rings. The van der Waals surface area contributed by atoms with Crippen LogP contribution in [-0.4, -0.2) is 32.6 Å². The summed E-state index contributed by atoms with van der Waals surface area (Å²) in [5.74, 6) is -0.614. The van der Waals surface area contributed by atoms with E-state index in [1.54, 1.807) is 13.8 Å². The second-order valence-electron chi connectivity index (χ2n) is 4.39. The quantitative estimate of drug-likeness (QED) is 0.590. The van der Waals surface area contributed by atoms with Crippen LogP contribution >= 0.6 is 0 Å². The molecule has 7 nitrogen and oxygen atoms in total. The van der Waals surface area contributed by atoms with Crippen molar-refractivity contribution in [2.75, 3.05) is 6.61 Å². The molecule has 2 N–H and O–H groups in total. The Hall–Kier alpha value is -1.89. The van der Waals surface area contributed by atoms with Crippen molar-refractivity contribution in [2.24, 2.45) is 7.05 Å². The van der Waals surface area contributed by atoms with Crippen LogP contribution in [0, 0.1) is 10.1 Å². The largest absolute Gasteiger partial charge is 0.394 e. The molecule has 0 aliphatic heterocycles. The molecule has 0 aliphatic carbocycles. The standard InChI is InChI=1S/C10H15N3O4/c1-10(2,6-14)11-9(15)7-4-5-8(12(7)3)13(16)17/h4-5,14H,6H2,1-3H3,(H,11,15). The van der Waals surface area contributed by atoms with Crippen LogP contribution in [0.25, 0.3) is 0 Å². The van der Waals surface area contributed by atoms with Gasteiger partial charge in [0, 0.05) is 6.07 Å². The van der Waals surface area contributed by atoms with Crippen molar-refractivity contribution in [1.29, 1.82) is 0 Å². The fourth-order valence-electron chi connectivity index (χ4n) is 1.32. The summed E-state index contributed by atoms with van der Waals surface area (Å²) in [6, 6.07) is 2.64. The molecule has 0 saturated heterocycles. The summed E-state index contributed by atoms with van der Waals surface area (Å²) in [5, 5.41) is 22.2. The number of aliphatic hydroxyl groups is 1. The normalized spacial score (nSPS) is 11.3. The predicted octanol–water partition coefficient (Wildman–Crippen LogP) is 0.434. The van der Waals surface area contributed by atoms with Crippen molar-refractivity contribution in [3.63, 3.8) is 0 Å². The van der Waals surface area contributed by atoms with E-state index in [0.717, 1.165) is 0 Å². The molecule has 0 radical (unpaired) electrons. The van der Waals surface area contributed by atoms with E-state index in [2.05, 4.69) is 5.32 Å². The molecule has 7 heteroatoms. The molecule has 0 saturated carbocycles. The molecule has 1 amide bonds. The fraction of sp³-hybridized carbons (Fsp3) is 0.500. The van der Waals surface area contributed by atoms with Gasteiger partial charge in [0.2, 0.25) is 0 Å². The third-order valence-electron chi connectivity index (χ3n) is 2.36. The lowest BCUT2D eigenvalue weighted by atomic mass is 10.1. The van der Waals surface area contributed by atoms with E-state index < -0.39 is 16.4 Å². The van der Waals surface area contributed by atoms with Crippen molar-refractivity contribution >= 4 is 11.7 Å². The van der Waals surface area contributed by atoms with E-state index >= 15 is 0 Å². The third-order valence-corrected chi connectivity index (χ3v) is 2.36. The number of hydrogen-bond acceptors (Lipinski definition) is 4. The van der Waals surface area contributed by atoms with E-state index in [1.165, 1.54) is 23.7 Å². The molecule has 17 heavy (non-hydrogen) atoms. The lowest BCUT2D eigenvalue weighted by Gasteiger charge is -2.22. The number of nitrogens with zero attached hydrogens (tertiary/aromatic N) is 2. The summed E-state index contributed by atoms with van der Waals surface area (Å²) >= 11 is 0. The molecule has 0 bridgehead atoms. The number of rotatable bonds is 4. The summed E-state index contributed by atoms with van der Waals surface area (Å²) in [7, 11) is 1.44. The highest BCUT2D eigenvalue weighted by atomic mass is 16.6. The summed E-state index contributed by atoms with van der Waals surface area (Å²) in [5.41, 5.74) is -0.589. The monoisotopic (exact) mass is 241 g/mol. The maximum absolute atomic E-state index is 11.8. The number of amides is 1. The number of nitro groups is 1. The van der Waals surface area contributed by atoms with Gasteiger partial charge in [-0.2, -0.15) is 0 Å². The van der Waals surface area contributed by atoms with Gasteiger partial charge in [0.15, 0.2) is 5.69 Å². The van der Waals surface area contributed by atoms with Gasteiger partial charge in [-0.3, -0.25) is 4.79 Å². The lowest BCUT2D eigenvalue weighted by molar-refractivity contribution is -0.391. The molecular formula is C10H15N3O4. The molecular weight excluding hydrogens is 226 g/mol. The van der Waals surface area contributed by atoms with Gasteiger partial charge in [-0.05, 0) is 24.8 Å². The number of carbonyl (C=O) groups excluding carboxylic acids is 1. The van der Waals surface area contributed by atoms with Gasteiger partial charge in [0.25, 0.3) is 5.91 Å². The fourth-order valence-corrected chi connectivity index (χ4v) is 1.32. The van der Waals surface area contributed by atoms with Gasteiger partial charge in [0.05, 0.1) is 19.2 Å². The summed E-state index contributed by atoms with van der Waals surface area (Å²) in [6.07, 6.45) is 0. The van der Waals surface area contributed by atoms with E-state index in [0.29, 0.717) is 0 Å². The zero-order valence-corrected chi connectivity index (χ0v) is 9.93. The first-order valence-corrected chi connectivity index (χ1v) is 5.02. The molecule has 0 fully saturated rings. The highest BCUT2D eigenvalue weighted by molar-refractivity contribution is 5.93. The molecule has 1 heterocycles. The molecule has 0 aliphatic rings. The molecule has 0 aromatic carbocycles. The van der Waals surface area contributed by atoms with Crippen LogP contribution in [-0.2, 0) is 7.05 Å². The van der Waals surface area contributed by atoms with Crippen molar-refractivity contribution in [3.8, 4) is 0 Å². The Labute approximate surface area is 98.2 Å². The maximum atomic E-state index is 11.8. The van der Waals surface area contributed by atoms with Crippen molar-refractivity contribution in [3.05, 3.63) is 27.9 Å². The highest BCUT2D eigenvalue weighted by Gasteiger charge is 2.25. The minimum atomic E-state index is -0.768. The lowest BCUT2D eigenvalue weighted by Crippen LogP contribution is -2.46. The maximum Gasteiger partial charge on any atom is 0.323 e. The van der Waals surface area contributed by atoms with E-state index in [1.807, 2.05) is 0 Å². The first-order chi connectivity index (χ1) is 7.78. The molecule has 94 valence electrons. The minimum Gasteiger partial charge on any atom is -0.394 e. The van der Waals surface area contributed by atoms with Gasteiger partial charge in [0.1, 0.15) is 0 Å². The number of nitrogens with one attached hydrogen (secondary N) is 1. The van der Waals surface area contributed by atoms with Gasteiger partial charge in [-0.15, -0.1) is 0 Å².